The molecule has 1 N–H and O–H groups in total. The molecule has 1 heterocycles. The number of amides is 1. The van der Waals surface area contributed by atoms with Gasteiger partial charge in [0.25, 0.3) is 5.91 Å². The first kappa shape index (κ1) is 12.4. The van der Waals surface area contributed by atoms with Crippen LogP contribution >= 0.6 is 11.6 Å². The Hall–Kier alpha value is -1.06. The van der Waals surface area contributed by atoms with Crippen molar-refractivity contribution in [1.29, 1.82) is 0 Å². The summed E-state index contributed by atoms with van der Waals surface area (Å²) in [6, 6.07) is 5.91. The zero-order valence-corrected chi connectivity index (χ0v) is 10.9. The lowest BCUT2D eigenvalue weighted by Crippen LogP contribution is -2.51. The van der Waals surface area contributed by atoms with Crippen molar-refractivity contribution in [3.8, 4) is 0 Å². The van der Waals surface area contributed by atoms with Crippen LogP contribution in [0.25, 0.3) is 0 Å². The van der Waals surface area contributed by atoms with Crippen LogP contribution in [0.2, 0.25) is 5.02 Å². The van der Waals surface area contributed by atoms with E-state index in [1.165, 1.54) is 0 Å². The summed E-state index contributed by atoms with van der Waals surface area (Å²) in [6.45, 7) is 6.37. The Morgan fingerprint density at radius 1 is 1.53 bits per heavy atom. The molecular weight excluding hydrogens is 236 g/mol. The first-order valence-electron chi connectivity index (χ1n) is 5.87. The van der Waals surface area contributed by atoms with Crippen LogP contribution in [-0.2, 0) is 0 Å². The number of hydrogen-bond donors (Lipinski definition) is 1. The number of benzene rings is 1. The van der Waals surface area contributed by atoms with Gasteiger partial charge in [0.05, 0.1) is 10.6 Å². The van der Waals surface area contributed by atoms with E-state index >= 15 is 0 Å². The number of piperazine rings is 1. The predicted molar refractivity (Wildman–Crippen MR) is 69.6 cm³/mol. The summed E-state index contributed by atoms with van der Waals surface area (Å²) in [6.07, 6.45) is 0. The third-order valence-electron chi connectivity index (χ3n) is 3.01. The van der Waals surface area contributed by atoms with Crippen LogP contribution in [0.3, 0.4) is 0 Å². The lowest BCUT2D eigenvalue weighted by atomic mass is 10.1. The Balaban J connectivity index is 2.18. The van der Waals surface area contributed by atoms with E-state index in [0.29, 0.717) is 16.6 Å². The quantitative estimate of drug-likeness (QED) is 0.830. The molecule has 1 fully saturated rings. The highest BCUT2D eigenvalue weighted by atomic mass is 35.5. The van der Waals surface area contributed by atoms with Crippen LogP contribution in [0, 0.1) is 6.92 Å². The molecule has 0 aliphatic carbocycles. The summed E-state index contributed by atoms with van der Waals surface area (Å²) >= 11 is 6.12. The van der Waals surface area contributed by atoms with Gasteiger partial charge in [0.1, 0.15) is 0 Å². The van der Waals surface area contributed by atoms with E-state index in [1.54, 1.807) is 0 Å². The van der Waals surface area contributed by atoms with Crippen LogP contribution < -0.4 is 5.32 Å². The van der Waals surface area contributed by atoms with Gasteiger partial charge in [-0.2, -0.15) is 0 Å². The molecule has 1 atom stereocenters. The van der Waals surface area contributed by atoms with Gasteiger partial charge in [-0.15, -0.1) is 0 Å². The Kier molecular flexibility index (Phi) is 3.69. The maximum absolute atomic E-state index is 12.3. The van der Waals surface area contributed by atoms with E-state index in [9.17, 15) is 4.79 Å². The maximum Gasteiger partial charge on any atom is 0.255 e. The highest BCUT2D eigenvalue weighted by molar-refractivity contribution is 6.33. The summed E-state index contributed by atoms with van der Waals surface area (Å²) in [4.78, 5) is 14.1. The topological polar surface area (TPSA) is 32.3 Å². The standard InChI is InChI=1S/C13H17ClN2O/c1-9-3-4-11(12(14)7-9)13(17)16-6-5-15-10(2)8-16/h3-4,7,10,15H,5-6,8H2,1-2H3/t10-/m1/s1. The van der Waals surface area contributed by atoms with Crippen molar-refractivity contribution in [2.24, 2.45) is 0 Å². The molecule has 1 amide bonds. The first-order chi connectivity index (χ1) is 8.08. The Bertz CT molecular complexity index is 433. The van der Waals surface area contributed by atoms with Crippen molar-refractivity contribution < 1.29 is 4.79 Å². The van der Waals surface area contributed by atoms with Crippen molar-refractivity contribution >= 4 is 17.5 Å². The van der Waals surface area contributed by atoms with E-state index in [4.69, 9.17) is 11.6 Å². The average Bonchev–Trinajstić information content (AvgIpc) is 2.28. The lowest BCUT2D eigenvalue weighted by molar-refractivity contribution is 0.0709. The smallest absolute Gasteiger partial charge is 0.255 e. The molecular formula is C13H17ClN2O. The molecule has 1 saturated heterocycles. The summed E-state index contributed by atoms with van der Waals surface area (Å²) < 4.78 is 0. The zero-order chi connectivity index (χ0) is 12.4. The first-order valence-corrected chi connectivity index (χ1v) is 6.24. The molecule has 1 aliphatic rings. The number of halogens is 1. The second kappa shape index (κ2) is 5.07. The van der Waals surface area contributed by atoms with E-state index < -0.39 is 0 Å². The Morgan fingerprint density at radius 3 is 2.94 bits per heavy atom. The SMILES string of the molecule is Cc1ccc(C(=O)N2CCN[C@H](C)C2)c(Cl)c1. The third-order valence-corrected chi connectivity index (χ3v) is 3.32. The molecule has 0 unspecified atom stereocenters. The van der Waals surface area contributed by atoms with E-state index in [-0.39, 0.29) is 5.91 Å². The highest BCUT2D eigenvalue weighted by Gasteiger charge is 2.22. The summed E-state index contributed by atoms with van der Waals surface area (Å²) in [5, 5.41) is 3.86. The third kappa shape index (κ3) is 2.79. The number of carbonyl (C=O) groups is 1. The van der Waals surface area contributed by atoms with Gasteiger partial charge in [-0.3, -0.25) is 4.79 Å². The molecule has 0 spiro atoms. The van der Waals surface area contributed by atoms with Crippen LogP contribution in [0.5, 0.6) is 0 Å². The fourth-order valence-electron chi connectivity index (χ4n) is 2.08. The summed E-state index contributed by atoms with van der Waals surface area (Å²) in [5.41, 5.74) is 1.67. The molecule has 4 heteroatoms. The molecule has 1 aliphatic heterocycles. The van der Waals surface area contributed by atoms with Gasteiger partial charge in [0.15, 0.2) is 0 Å². The largest absolute Gasteiger partial charge is 0.336 e. The number of hydrogen-bond acceptors (Lipinski definition) is 2. The summed E-state index contributed by atoms with van der Waals surface area (Å²) in [5.74, 6) is 0.0309. The van der Waals surface area contributed by atoms with Crippen molar-refractivity contribution in [3.05, 3.63) is 34.3 Å². The molecule has 92 valence electrons. The van der Waals surface area contributed by atoms with Gasteiger partial charge in [0, 0.05) is 25.7 Å². The minimum absolute atomic E-state index is 0.0309. The number of rotatable bonds is 1. The predicted octanol–water partition coefficient (Wildman–Crippen LogP) is 2.08. The van der Waals surface area contributed by atoms with Gasteiger partial charge in [-0.25, -0.2) is 0 Å². The Labute approximate surface area is 107 Å². The van der Waals surface area contributed by atoms with Crippen molar-refractivity contribution in [2.75, 3.05) is 19.6 Å². The molecule has 0 bridgehead atoms. The maximum atomic E-state index is 12.3. The average molecular weight is 253 g/mol. The number of carbonyl (C=O) groups excluding carboxylic acids is 1. The van der Waals surface area contributed by atoms with Crippen molar-refractivity contribution in [2.45, 2.75) is 19.9 Å². The Morgan fingerprint density at radius 2 is 2.29 bits per heavy atom. The molecule has 17 heavy (non-hydrogen) atoms. The molecule has 2 rings (SSSR count). The van der Waals surface area contributed by atoms with Crippen LogP contribution in [-0.4, -0.2) is 36.5 Å². The molecule has 0 radical (unpaired) electrons. The molecule has 0 saturated carbocycles. The van der Waals surface area contributed by atoms with Crippen LogP contribution in [0.15, 0.2) is 18.2 Å². The zero-order valence-electron chi connectivity index (χ0n) is 10.2. The minimum atomic E-state index is 0.0309. The molecule has 1 aromatic carbocycles. The van der Waals surface area contributed by atoms with Gasteiger partial charge in [-0.05, 0) is 31.5 Å². The normalized spacial score (nSPS) is 20.4. The van der Waals surface area contributed by atoms with Gasteiger partial charge >= 0.3 is 0 Å². The molecule has 3 nitrogen and oxygen atoms in total. The van der Waals surface area contributed by atoms with Crippen LogP contribution in [0.1, 0.15) is 22.8 Å². The fraction of sp³-hybridized carbons (Fsp3) is 0.462. The number of nitrogens with one attached hydrogen (secondary N) is 1. The second-order valence-corrected chi connectivity index (χ2v) is 5.00. The van der Waals surface area contributed by atoms with Gasteiger partial charge < -0.3 is 10.2 Å². The number of nitrogens with zero attached hydrogens (tertiary/aromatic N) is 1. The number of aryl methyl sites for hydroxylation is 1. The van der Waals surface area contributed by atoms with Gasteiger partial charge in [-0.1, -0.05) is 17.7 Å². The van der Waals surface area contributed by atoms with E-state index in [0.717, 1.165) is 25.2 Å². The molecule has 1 aromatic rings. The van der Waals surface area contributed by atoms with Crippen molar-refractivity contribution in [1.82, 2.24) is 10.2 Å². The molecule has 0 aromatic heterocycles. The van der Waals surface area contributed by atoms with Gasteiger partial charge in [0.2, 0.25) is 0 Å². The van der Waals surface area contributed by atoms with Crippen molar-refractivity contribution in [3.63, 3.8) is 0 Å². The second-order valence-electron chi connectivity index (χ2n) is 4.59. The lowest BCUT2D eigenvalue weighted by Gasteiger charge is -2.32. The van der Waals surface area contributed by atoms with E-state index in [2.05, 4.69) is 12.2 Å². The summed E-state index contributed by atoms with van der Waals surface area (Å²) in [7, 11) is 0. The highest BCUT2D eigenvalue weighted by Crippen LogP contribution is 2.19. The van der Waals surface area contributed by atoms with E-state index in [1.807, 2.05) is 30.0 Å². The fourth-order valence-corrected chi connectivity index (χ4v) is 2.40. The monoisotopic (exact) mass is 252 g/mol. The van der Waals surface area contributed by atoms with Crippen LogP contribution in [0.4, 0.5) is 0 Å². The minimum Gasteiger partial charge on any atom is -0.336 e.